The molecule has 11 heavy (non-hydrogen) atoms. The molecule has 0 atom stereocenters. The SMILES string of the molecule is Nc1nc2sncc2c(=O)[nH]1. The highest BCUT2D eigenvalue weighted by Crippen LogP contribution is 2.10. The number of nitrogens with zero attached hydrogens (tertiary/aromatic N) is 2. The third kappa shape index (κ3) is 0.874. The number of nitrogens with one attached hydrogen (secondary N) is 1. The monoisotopic (exact) mass is 168 g/mol. The Bertz CT molecular complexity index is 445. The minimum atomic E-state index is -0.235. The number of H-pyrrole nitrogens is 1. The first kappa shape index (κ1) is 6.29. The molecule has 0 fully saturated rings. The zero-order valence-corrected chi connectivity index (χ0v) is 6.18. The molecule has 2 aromatic rings. The van der Waals surface area contributed by atoms with E-state index in [0.717, 1.165) is 11.5 Å². The minimum Gasteiger partial charge on any atom is -0.369 e. The van der Waals surface area contributed by atoms with Crippen LogP contribution in [-0.4, -0.2) is 14.3 Å². The first-order valence-electron chi connectivity index (χ1n) is 2.87. The Balaban J connectivity index is 3.02. The molecule has 0 saturated carbocycles. The van der Waals surface area contributed by atoms with Crippen LogP contribution < -0.4 is 11.3 Å². The van der Waals surface area contributed by atoms with Crippen molar-refractivity contribution in [3.8, 4) is 0 Å². The molecule has 0 spiro atoms. The predicted octanol–water partition coefficient (Wildman–Crippen LogP) is -0.0382. The summed E-state index contributed by atoms with van der Waals surface area (Å²) in [7, 11) is 0. The van der Waals surface area contributed by atoms with Crippen LogP contribution in [0.5, 0.6) is 0 Å². The van der Waals surface area contributed by atoms with Crippen molar-refractivity contribution in [1.82, 2.24) is 14.3 Å². The molecule has 0 saturated heterocycles. The van der Waals surface area contributed by atoms with Gasteiger partial charge in [0.1, 0.15) is 0 Å². The van der Waals surface area contributed by atoms with Crippen LogP contribution in [-0.2, 0) is 0 Å². The summed E-state index contributed by atoms with van der Waals surface area (Å²) in [5.74, 6) is 0.131. The average molecular weight is 168 g/mol. The lowest BCUT2D eigenvalue weighted by Gasteiger charge is -1.89. The molecular formula is C5H4N4OS. The standard InChI is InChI=1S/C5H4N4OS/c6-5-8-3(10)2-1-7-11-4(2)9-5/h1H,(H3,6,8,9,10). The molecule has 5 nitrogen and oxygen atoms in total. The lowest BCUT2D eigenvalue weighted by Crippen LogP contribution is -2.09. The van der Waals surface area contributed by atoms with Crippen LogP contribution >= 0.6 is 11.5 Å². The third-order valence-electron chi connectivity index (χ3n) is 1.26. The van der Waals surface area contributed by atoms with Gasteiger partial charge in [-0.2, -0.15) is 4.37 Å². The summed E-state index contributed by atoms with van der Waals surface area (Å²) < 4.78 is 3.81. The van der Waals surface area contributed by atoms with Gasteiger partial charge in [0.25, 0.3) is 5.56 Å². The Hall–Kier alpha value is -1.43. The zero-order valence-electron chi connectivity index (χ0n) is 5.37. The Morgan fingerprint density at radius 1 is 1.64 bits per heavy atom. The molecule has 0 unspecified atom stereocenters. The molecule has 0 amide bonds. The van der Waals surface area contributed by atoms with E-state index in [1.807, 2.05) is 0 Å². The van der Waals surface area contributed by atoms with Crippen molar-refractivity contribution >= 4 is 27.7 Å². The number of nitrogen functional groups attached to an aromatic ring is 1. The molecular weight excluding hydrogens is 164 g/mol. The second kappa shape index (κ2) is 2.03. The summed E-state index contributed by atoms with van der Waals surface area (Å²) in [5.41, 5.74) is 5.06. The van der Waals surface area contributed by atoms with Gasteiger partial charge < -0.3 is 5.73 Å². The Labute approximate surface area is 65.1 Å². The van der Waals surface area contributed by atoms with Crippen molar-refractivity contribution in [3.05, 3.63) is 16.6 Å². The van der Waals surface area contributed by atoms with Crippen LogP contribution in [0.1, 0.15) is 0 Å². The number of fused-ring (bicyclic) bond motifs is 1. The number of hydrogen-bond acceptors (Lipinski definition) is 5. The summed E-state index contributed by atoms with van der Waals surface area (Å²) >= 11 is 1.15. The van der Waals surface area contributed by atoms with Gasteiger partial charge in [0.15, 0.2) is 4.83 Å². The van der Waals surface area contributed by atoms with Gasteiger partial charge in [-0.25, -0.2) is 4.98 Å². The molecule has 0 radical (unpaired) electrons. The summed E-state index contributed by atoms with van der Waals surface area (Å²) in [6.07, 6.45) is 1.48. The minimum absolute atomic E-state index is 0.131. The van der Waals surface area contributed by atoms with Gasteiger partial charge >= 0.3 is 0 Å². The number of anilines is 1. The maximum atomic E-state index is 11.1. The van der Waals surface area contributed by atoms with Crippen LogP contribution in [0.2, 0.25) is 0 Å². The molecule has 0 aliphatic rings. The van der Waals surface area contributed by atoms with E-state index in [1.54, 1.807) is 0 Å². The molecule has 0 aliphatic carbocycles. The van der Waals surface area contributed by atoms with Gasteiger partial charge in [-0.05, 0) is 11.5 Å². The highest BCUT2D eigenvalue weighted by molar-refractivity contribution is 7.12. The Kier molecular flexibility index (Phi) is 1.16. The molecule has 3 N–H and O–H groups in total. The van der Waals surface area contributed by atoms with E-state index in [0.29, 0.717) is 10.2 Å². The van der Waals surface area contributed by atoms with Crippen molar-refractivity contribution in [3.63, 3.8) is 0 Å². The number of rotatable bonds is 0. The lowest BCUT2D eigenvalue weighted by atomic mass is 10.5. The van der Waals surface area contributed by atoms with Crippen LogP contribution in [0.3, 0.4) is 0 Å². The first-order valence-corrected chi connectivity index (χ1v) is 3.65. The Morgan fingerprint density at radius 2 is 2.45 bits per heavy atom. The van der Waals surface area contributed by atoms with E-state index >= 15 is 0 Å². The number of nitrogens with two attached hydrogens (primary N) is 1. The van der Waals surface area contributed by atoms with Crippen LogP contribution in [0.15, 0.2) is 11.0 Å². The molecule has 56 valence electrons. The van der Waals surface area contributed by atoms with E-state index in [1.165, 1.54) is 6.20 Å². The normalized spacial score (nSPS) is 10.5. The number of aromatic amines is 1. The fraction of sp³-hybridized carbons (Fsp3) is 0. The van der Waals surface area contributed by atoms with E-state index in [-0.39, 0.29) is 11.5 Å². The Morgan fingerprint density at radius 3 is 3.27 bits per heavy atom. The van der Waals surface area contributed by atoms with Gasteiger partial charge in [0, 0.05) is 0 Å². The number of hydrogen-bond donors (Lipinski definition) is 2. The highest BCUT2D eigenvalue weighted by Gasteiger charge is 2.02. The number of aromatic nitrogens is 3. The summed E-state index contributed by atoms with van der Waals surface area (Å²) in [5, 5.41) is 0.490. The second-order valence-corrected chi connectivity index (χ2v) is 2.78. The zero-order chi connectivity index (χ0) is 7.84. The van der Waals surface area contributed by atoms with Crippen molar-refractivity contribution in [2.45, 2.75) is 0 Å². The molecule has 6 heteroatoms. The van der Waals surface area contributed by atoms with E-state index in [4.69, 9.17) is 5.73 Å². The lowest BCUT2D eigenvalue weighted by molar-refractivity contribution is 1.20. The van der Waals surface area contributed by atoms with E-state index in [2.05, 4.69) is 14.3 Å². The molecule has 2 aromatic heterocycles. The fourth-order valence-electron chi connectivity index (χ4n) is 0.791. The van der Waals surface area contributed by atoms with Gasteiger partial charge in [-0.1, -0.05) is 0 Å². The van der Waals surface area contributed by atoms with Gasteiger partial charge in [0.2, 0.25) is 5.95 Å². The van der Waals surface area contributed by atoms with Gasteiger partial charge in [-0.3, -0.25) is 9.78 Å². The largest absolute Gasteiger partial charge is 0.369 e. The maximum Gasteiger partial charge on any atom is 0.262 e. The first-order chi connectivity index (χ1) is 5.27. The highest BCUT2D eigenvalue weighted by atomic mass is 32.1. The smallest absolute Gasteiger partial charge is 0.262 e. The molecule has 0 bridgehead atoms. The van der Waals surface area contributed by atoms with Crippen LogP contribution in [0.4, 0.5) is 5.95 Å². The van der Waals surface area contributed by atoms with Crippen LogP contribution in [0.25, 0.3) is 10.2 Å². The summed E-state index contributed by atoms with van der Waals surface area (Å²) in [6.45, 7) is 0. The molecule has 2 heterocycles. The fourth-order valence-corrected chi connectivity index (χ4v) is 1.43. The maximum absolute atomic E-state index is 11.1. The second-order valence-electron chi connectivity index (χ2n) is 2.00. The van der Waals surface area contributed by atoms with Gasteiger partial charge in [-0.15, -0.1) is 0 Å². The summed E-state index contributed by atoms with van der Waals surface area (Å²) in [6, 6.07) is 0. The van der Waals surface area contributed by atoms with Crippen molar-refractivity contribution in [1.29, 1.82) is 0 Å². The summed E-state index contributed by atoms with van der Waals surface area (Å²) in [4.78, 5) is 17.9. The molecule has 2 rings (SSSR count). The van der Waals surface area contributed by atoms with Crippen molar-refractivity contribution < 1.29 is 0 Å². The third-order valence-corrected chi connectivity index (χ3v) is 1.95. The topological polar surface area (TPSA) is 84.7 Å². The molecule has 0 aromatic carbocycles. The average Bonchev–Trinajstić information content (AvgIpc) is 2.34. The van der Waals surface area contributed by atoms with Crippen LogP contribution in [0, 0.1) is 0 Å². The molecule has 0 aliphatic heterocycles. The van der Waals surface area contributed by atoms with Crippen molar-refractivity contribution in [2.75, 3.05) is 5.73 Å². The quantitative estimate of drug-likeness (QED) is 0.578. The van der Waals surface area contributed by atoms with E-state index < -0.39 is 0 Å². The van der Waals surface area contributed by atoms with E-state index in [9.17, 15) is 4.79 Å². The predicted molar refractivity (Wildman–Crippen MR) is 42.4 cm³/mol. The van der Waals surface area contributed by atoms with Crippen molar-refractivity contribution in [2.24, 2.45) is 0 Å². The van der Waals surface area contributed by atoms with Gasteiger partial charge in [0.05, 0.1) is 11.6 Å².